The number of benzene rings is 2. The molecule has 1 saturated carbocycles. The van der Waals surface area contributed by atoms with Gasteiger partial charge >= 0.3 is 0 Å². The third-order valence-corrected chi connectivity index (χ3v) is 4.54. The van der Waals surface area contributed by atoms with E-state index in [0.29, 0.717) is 31.2 Å². The average Bonchev–Trinajstić information content (AvgIpc) is 3.43. The van der Waals surface area contributed by atoms with Crippen molar-refractivity contribution in [2.45, 2.75) is 25.4 Å². The summed E-state index contributed by atoms with van der Waals surface area (Å²) >= 11 is 0. The molecule has 1 N–H and O–H groups in total. The van der Waals surface area contributed by atoms with Gasteiger partial charge in [0.1, 0.15) is 24.8 Å². The van der Waals surface area contributed by atoms with Crippen molar-refractivity contribution in [2.24, 2.45) is 5.92 Å². The second-order valence-corrected chi connectivity index (χ2v) is 6.33. The van der Waals surface area contributed by atoms with Crippen molar-refractivity contribution in [3.63, 3.8) is 0 Å². The molecule has 1 unspecified atom stereocenters. The van der Waals surface area contributed by atoms with E-state index >= 15 is 0 Å². The first-order chi connectivity index (χ1) is 11.7. The molecular weight excluding hydrogens is 312 g/mol. The summed E-state index contributed by atoms with van der Waals surface area (Å²) in [5.74, 6) is 1.22. The lowest BCUT2D eigenvalue weighted by Crippen LogP contribution is -2.24. The summed E-state index contributed by atoms with van der Waals surface area (Å²) in [4.78, 5) is 0. The van der Waals surface area contributed by atoms with Crippen molar-refractivity contribution in [1.82, 2.24) is 5.32 Å². The highest BCUT2D eigenvalue weighted by Crippen LogP contribution is 2.43. The Bertz CT molecular complexity index is 746. The molecular formula is C19H19F2NO2. The van der Waals surface area contributed by atoms with Gasteiger partial charge in [0.25, 0.3) is 0 Å². The Morgan fingerprint density at radius 1 is 1.00 bits per heavy atom. The smallest absolute Gasteiger partial charge is 0.161 e. The fourth-order valence-corrected chi connectivity index (χ4v) is 3.14. The van der Waals surface area contributed by atoms with E-state index in [1.54, 1.807) is 0 Å². The normalized spacial score (nSPS) is 17.6. The quantitative estimate of drug-likeness (QED) is 0.899. The lowest BCUT2D eigenvalue weighted by Gasteiger charge is -2.23. The van der Waals surface area contributed by atoms with Gasteiger partial charge in [-0.2, -0.15) is 0 Å². The fraction of sp³-hybridized carbons (Fsp3) is 0.368. The van der Waals surface area contributed by atoms with Crippen LogP contribution < -0.4 is 14.8 Å². The van der Waals surface area contributed by atoms with E-state index < -0.39 is 5.82 Å². The number of halogens is 2. The van der Waals surface area contributed by atoms with Crippen molar-refractivity contribution in [1.29, 1.82) is 0 Å². The van der Waals surface area contributed by atoms with E-state index in [0.717, 1.165) is 36.0 Å². The molecule has 1 aliphatic heterocycles. The van der Waals surface area contributed by atoms with Crippen LogP contribution in [0.1, 0.15) is 30.0 Å². The van der Waals surface area contributed by atoms with Gasteiger partial charge in [-0.3, -0.25) is 0 Å². The highest BCUT2D eigenvalue weighted by Gasteiger charge is 2.32. The SMILES string of the molecule is Fc1ccc(F)c(CNC(c2ccc3c(c2)OCCO3)C2CC2)c1. The highest BCUT2D eigenvalue weighted by atomic mass is 19.1. The van der Waals surface area contributed by atoms with Crippen LogP contribution in [0.4, 0.5) is 8.78 Å². The highest BCUT2D eigenvalue weighted by molar-refractivity contribution is 5.45. The molecule has 2 aromatic rings. The van der Waals surface area contributed by atoms with E-state index in [4.69, 9.17) is 9.47 Å². The van der Waals surface area contributed by atoms with Crippen LogP contribution >= 0.6 is 0 Å². The predicted molar refractivity (Wildman–Crippen MR) is 86.1 cm³/mol. The van der Waals surface area contributed by atoms with Crippen molar-refractivity contribution in [3.05, 3.63) is 59.2 Å². The van der Waals surface area contributed by atoms with Crippen LogP contribution in [0, 0.1) is 17.6 Å². The fourth-order valence-electron chi connectivity index (χ4n) is 3.14. The molecule has 4 rings (SSSR count). The van der Waals surface area contributed by atoms with E-state index in [2.05, 4.69) is 5.32 Å². The molecule has 2 aromatic carbocycles. The minimum atomic E-state index is -0.421. The number of hydrogen-bond donors (Lipinski definition) is 1. The van der Waals surface area contributed by atoms with Crippen molar-refractivity contribution >= 4 is 0 Å². The van der Waals surface area contributed by atoms with Gasteiger partial charge in [-0.1, -0.05) is 6.07 Å². The van der Waals surface area contributed by atoms with Gasteiger partial charge in [-0.25, -0.2) is 8.78 Å². The Morgan fingerprint density at radius 3 is 2.58 bits per heavy atom. The largest absolute Gasteiger partial charge is 0.486 e. The van der Waals surface area contributed by atoms with Gasteiger partial charge < -0.3 is 14.8 Å². The molecule has 1 heterocycles. The summed E-state index contributed by atoms with van der Waals surface area (Å²) < 4.78 is 38.4. The minimum Gasteiger partial charge on any atom is -0.486 e. The predicted octanol–water partition coefficient (Wildman–Crippen LogP) is 3.98. The Balaban J connectivity index is 1.53. The van der Waals surface area contributed by atoms with Gasteiger partial charge in [0, 0.05) is 18.2 Å². The molecule has 0 radical (unpaired) electrons. The molecule has 1 fully saturated rings. The maximum absolute atomic E-state index is 13.8. The molecule has 126 valence electrons. The standard InChI is InChI=1S/C19H19F2NO2/c20-15-4-5-16(21)14(9-15)11-22-19(12-1-2-12)13-3-6-17-18(10-13)24-8-7-23-17/h3-6,9-10,12,19,22H,1-2,7-8,11H2. The number of nitrogens with one attached hydrogen (secondary N) is 1. The number of fused-ring (bicyclic) bond motifs is 1. The average molecular weight is 331 g/mol. The third-order valence-electron chi connectivity index (χ3n) is 4.54. The third kappa shape index (κ3) is 3.22. The molecule has 3 nitrogen and oxygen atoms in total. The van der Waals surface area contributed by atoms with Crippen molar-refractivity contribution in [3.8, 4) is 11.5 Å². The molecule has 24 heavy (non-hydrogen) atoms. The molecule has 0 aromatic heterocycles. The van der Waals surface area contributed by atoms with Gasteiger partial charge in [-0.15, -0.1) is 0 Å². The molecule has 2 aliphatic rings. The first-order valence-electron chi connectivity index (χ1n) is 8.27. The van der Waals surface area contributed by atoms with Crippen LogP contribution in [-0.2, 0) is 6.54 Å². The molecule has 0 spiro atoms. The molecule has 1 aliphatic carbocycles. The molecule has 5 heteroatoms. The molecule has 1 atom stereocenters. The van der Waals surface area contributed by atoms with Gasteiger partial charge in [0.15, 0.2) is 11.5 Å². The van der Waals surface area contributed by atoms with E-state index in [-0.39, 0.29) is 11.9 Å². The van der Waals surface area contributed by atoms with Crippen molar-refractivity contribution < 1.29 is 18.3 Å². The maximum atomic E-state index is 13.8. The number of rotatable bonds is 5. The van der Waals surface area contributed by atoms with E-state index in [1.807, 2.05) is 18.2 Å². The summed E-state index contributed by atoms with van der Waals surface area (Å²) in [6.45, 7) is 1.40. The van der Waals surface area contributed by atoms with Crippen LogP contribution in [0.2, 0.25) is 0 Å². The van der Waals surface area contributed by atoms with Gasteiger partial charge in [0.05, 0.1) is 0 Å². The summed E-state index contributed by atoms with van der Waals surface area (Å²) in [6, 6.07) is 9.58. The van der Waals surface area contributed by atoms with Crippen LogP contribution in [0.5, 0.6) is 11.5 Å². The topological polar surface area (TPSA) is 30.5 Å². The second-order valence-electron chi connectivity index (χ2n) is 6.33. The summed E-state index contributed by atoms with van der Waals surface area (Å²) in [6.07, 6.45) is 2.27. The summed E-state index contributed by atoms with van der Waals surface area (Å²) in [5, 5.41) is 3.39. The molecule has 0 amide bonds. The van der Waals surface area contributed by atoms with Gasteiger partial charge in [0.2, 0.25) is 0 Å². The zero-order valence-electron chi connectivity index (χ0n) is 13.2. The van der Waals surface area contributed by atoms with Crippen LogP contribution in [0.3, 0.4) is 0 Å². The zero-order chi connectivity index (χ0) is 16.5. The molecule has 0 saturated heterocycles. The zero-order valence-corrected chi connectivity index (χ0v) is 13.2. The molecule has 0 bridgehead atoms. The maximum Gasteiger partial charge on any atom is 0.161 e. The number of hydrogen-bond acceptors (Lipinski definition) is 3. The van der Waals surface area contributed by atoms with Crippen LogP contribution in [0.15, 0.2) is 36.4 Å². The Labute approximate surface area is 139 Å². The number of ether oxygens (including phenoxy) is 2. The second kappa shape index (κ2) is 6.40. The monoisotopic (exact) mass is 331 g/mol. The summed E-state index contributed by atoms with van der Waals surface area (Å²) in [7, 11) is 0. The Kier molecular flexibility index (Phi) is 4.10. The minimum absolute atomic E-state index is 0.100. The van der Waals surface area contributed by atoms with Gasteiger partial charge in [-0.05, 0) is 54.7 Å². The van der Waals surface area contributed by atoms with Crippen molar-refractivity contribution in [2.75, 3.05) is 13.2 Å². The first-order valence-corrected chi connectivity index (χ1v) is 8.27. The first kappa shape index (κ1) is 15.4. The van der Waals surface area contributed by atoms with E-state index in [1.165, 1.54) is 12.1 Å². The Hall–Kier alpha value is -2.14. The van der Waals surface area contributed by atoms with E-state index in [9.17, 15) is 8.78 Å². The summed E-state index contributed by atoms with van der Waals surface area (Å²) in [5.41, 5.74) is 1.44. The van der Waals surface area contributed by atoms with Crippen LogP contribution in [-0.4, -0.2) is 13.2 Å². The Morgan fingerprint density at radius 2 is 1.79 bits per heavy atom. The lowest BCUT2D eigenvalue weighted by molar-refractivity contribution is 0.171. The van der Waals surface area contributed by atoms with Crippen LogP contribution in [0.25, 0.3) is 0 Å². The lowest BCUT2D eigenvalue weighted by atomic mass is 10.0.